The Hall–Kier alpha value is -3.17. The van der Waals surface area contributed by atoms with Crippen LogP contribution in [0.4, 0.5) is 5.69 Å². The highest BCUT2D eigenvalue weighted by molar-refractivity contribution is 9.10. The van der Waals surface area contributed by atoms with Gasteiger partial charge in [0.05, 0.1) is 11.9 Å². The number of benzene rings is 3. The average Bonchev–Trinajstić information content (AvgIpc) is 2.89. The molecular formula is C31H38BrN3O4S. The van der Waals surface area contributed by atoms with Gasteiger partial charge in [0.15, 0.2) is 0 Å². The number of halogens is 1. The molecular weight excluding hydrogens is 590 g/mol. The van der Waals surface area contributed by atoms with E-state index >= 15 is 0 Å². The number of sulfonamides is 1. The van der Waals surface area contributed by atoms with E-state index in [1.165, 1.54) is 4.90 Å². The third-order valence-corrected chi connectivity index (χ3v) is 8.43. The van der Waals surface area contributed by atoms with E-state index in [-0.39, 0.29) is 24.9 Å². The van der Waals surface area contributed by atoms with E-state index in [0.29, 0.717) is 5.69 Å². The first-order valence-electron chi connectivity index (χ1n) is 13.3. The SMILES string of the molecule is CC[C@@H](C)NC(=O)[C@@H](Cc1ccccc1)N(Cc1cccc(Br)c1)C(=O)CN(c1ccc(C)cc1C)S(C)(=O)=O. The second kappa shape index (κ2) is 13.9. The number of rotatable bonds is 12. The van der Waals surface area contributed by atoms with Crippen molar-refractivity contribution >= 4 is 43.5 Å². The summed E-state index contributed by atoms with van der Waals surface area (Å²) >= 11 is 3.49. The first-order valence-corrected chi connectivity index (χ1v) is 16.0. The Morgan fingerprint density at radius 3 is 2.23 bits per heavy atom. The molecule has 0 heterocycles. The lowest BCUT2D eigenvalue weighted by Crippen LogP contribution is -2.54. The van der Waals surface area contributed by atoms with E-state index in [1.807, 2.05) is 94.4 Å². The quantitative estimate of drug-likeness (QED) is 0.292. The molecule has 2 amide bonds. The Labute approximate surface area is 246 Å². The van der Waals surface area contributed by atoms with Crippen LogP contribution in [0, 0.1) is 13.8 Å². The molecule has 9 heteroatoms. The van der Waals surface area contributed by atoms with Crippen molar-refractivity contribution in [3.05, 3.63) is 99.5 Å². The molecule has 0 aliphatic carbocycles. The first-order chi connectivity index (χ1) is 18.9. The van der Waals surface area contributed by atoms with Gasteiger partial charge in [-0.15, -0.1) is 0 Å². The zero-order valence-electron chi connectivity index (χ0n) is 23.7. The fourth-order valence-electron chi connectivity index (χ4n) is 4.51. The molecule has 0 spiro atoms. The molecule has 0 radical (unpaired) electrons. The van der Waals surface area contributed by atoms with Crippen LogP contribution in [-0.2, 0) is 32.6 Å². The lowest BCUT2D eigenvalue weighted by Gasteiger charge is -2.34. The summed E-state index contributed by atoms with van der Waals surface area (Å²) in [6.45, 7) is 7.35. The third-order valence-electron chi connectivity index (χ3n) is 6.81. The average molecular weight is 629 g/mol. The van der Waals surface area contributed by atoms with Crippen LogP contribution in [0.25, 0.3) is 0 Å². The number of carbonyl (C=O) groups excluding carboxylic acids is 2. The zero-order chi connectivity index (χ0) is 29.4. The molecule has 3 aromatic rings. The van der Waals surface area contributed by atoms with Crippen molar-refractivity contribution in [2.24, 2.45) is 0 Å². The highest BCUT2D eigenvalue weighted by Crippen LogP contribution is 2.25. The molecule has 0 saturated carbocycles. The summed E-state index contributed by atoms with van der Waals surface area (Å²) < 4.78 is 27.9. The monoisotopic (exact) mass is 627 g/mol. The Balaban J connectivity index is 2.08. The summed E-state index contributed by atoms with van der Waals surface area (Å²) in [5, 5.41) is 3.04. The Bertz CT molecular complexity index is 1430. The fraction of sp³-hybridized carbons (Fsp3) is 0.355. The molecule has 2 atom stereocenters. The van der Waals surface area contributed by atoms with Crippen LogP contribution < -0.4 is 9.62 Å². The van der Waals surface area contributed by atoms with E-state index in [0.717, 1.165) is 43.7 Å². The molecule has 0 fully saturated rings. The van der Waals surface area contributed by atoms with Gasteiger partial charge >= 0.3 is 0 Å². The van der Waals surface area contributed by atoms with Gasteiger partial charge in [-0.1, -0.05) is 83.0 Å². The Morgan fingerprint density at radius 2 is 1.62 bits per heavy atom. The van der Waals surface area contributed by atoms with Crippen LogP contribution in [0.15, 0.2) is 77.3 Å². The Kier molecular flexibility index (Phi) is 10.9. The minimum Gasteiger partial charge on any atom is -0.352 e. The summed E-state index contributed by atoms with van der Waals surface area (Å²) in [5.41, 5.74) is 3.88. The van der Waals surface area contributed by atoms with Crippen LogP contribution in [0.5, 0.6) is 0 Å². The van der Waals surface area contributed by atoms with Crippen LogP contribution in [0.3, 0.4) is 0 Å². The largest absolute Gasteiger partial charge is 0.352 e. The van der Waals surface area contributed by atoms with E-state index in [2.05, 4.69) is 21.2 Å². The maximum Gasteiger partial charge on any atom is 0.244 e. The number of aryl methyl sites for hydroxylation is 2. The number of nitrogens with zero attached hydrogens (tertiary/aromatic N) is 2. The minimum atomic E-state index is -3.81. The molecule has 40 heavy (non-hydrogen) atoms. The van der Waals surface area contributed by atoms with Crippen molar-refractivity contribution in [1.82, 2.24) is 10.2 Å². The fourth-order valence-corrected chi connectivity index (χ4v) is 5.86. The highest BCUT2D eigenvalue weighted by Gasteiger charge is 2.33. The molecule has 0 bridgehead atoms. The van der Waals surface area contributed by atoms with E-state index in [1.54, 1.807) is 6.07 Å². The molecule has 3 rings (SSSR count). The highest BCUT2D eigenvalue weighted by atomic mass is 79.9. The van der Waals surface area contributed by atoms with Gasteiger partial charge in [0.25, 0.3) is 0 Å². The maximum atomic E-state index is 14.2. The van der Waals surface area contributed by atoms with E-state index in [9.17, 15) is 18.0 Å². The van der Waals surface area contributed by atoms with Crippen molar-refractivity contribution in [2.75, 3.05) is 17.1 Å². The smallest absolute Gasteiger partial charge is 0.244 e. The van der Waals surface area contributed by atoms with Gasteiger partial charge in [-0.2, -0.15) is 0 Å². The van der Waals surface area contributed by atoms with E-state index < -0.39 is 28.5 Å². The zero-order valence-corrected chi connectivity index (χ0v) is 26.1. The summed E-state index contributed by atoms with van der Waals surface area (Å²) in [4.78, 5) is 29.4. The number of nitrogens with one attached hydrogen (secondary N) is 1. The van der Waals surface area contributed by atoms with Crippen LogP contribution >= 0.6 is 15.9 Å². The molecule has 0 saturated heterocycles. The maximum absolute atomic E-state index is 14.2. The standard InChI is InChI=1S/C31H38BrN3O4S/c1-6-24(4)33-31(37)29(19-25-11-8-7-9-12-25)34(20-26-13-10-14-27(32)18-26)30(36)21-35(40(5,38)39)28-16-15-22(2)17-23(28)3/h7-18,24,29H,6,19-21H2,1-5H3,(H,33,37)/t24-,29-/m1/s1. The number of amides is 2. The topological polar surface area (TPSA) is 86.8 Å². The predicted molar refractivity (Wildman–Crippen MR) is 165 cm³/mol. The predicted octanol–water partition coefficient (Wildman–Crippen LogP) is 5.39. The number of hydrogen-bond donors (Lipinski definition) is 1. The van der Waals surface area contributed by atoms with Gasteiger partial charge in [0.2, 0.25) is 21.8 Å². The van der Waals surface area contributed by atoms with Crippen LogP contribution in [-0.4, -0.2) is 50.0 Å². The summed E-state index contributed by atoms with van der Waals surface area (Å²) in [7, 11) is -3.81. The van der Waals surface area contributed by atoms with Gasteiger partial charge in [-0.05, 0) is 62.1 Å². The van der Waals surface area contributed by atoms with Crippen molar-refractivity contribution in [1.29, 1.82) is 0 Å². The van der Waals surface area contributed by atoms with Crippen molar-refractivity contribution in [3.63, 3.8) is 0 Å². The van der Waals surface area contributed by atoms with Crippen molar-refractivity contribution in [2.45, 2.75) is 59.2 Å². The number of anilines is 1. The molecule has 0 unspecified atom stereocenters. The Morgan fingerprint density at radius 1 is 0.950 bits per heavy atom. The molecule has 0 aromatic heterocycles. The second-order valence-electron chi connectivity index (χ2n) is 10.2. The minimum absolute atomic E-state index is 0.0867. The molecule has 1 N–H and O–H groups in total. The normalized spacial score (nSPS) is 12.8. The first kappa shape index (κ1) is 31.4. The van der Waals surface area contributed by atoms with E-state index in [4.69, 9.17) is 0 Å². The molecule has 3 aromatic carbocycles. The van der Waals surface area contributed by atoms with Gasteiger partial charge in [0.1, 0.15) is 12.6 Å². The van der Waals surface area contributed by atoms with Gasteiger partial charge in [-0.25, -0.2) is 8.42 Å². The summed E-state index contributed by atoms with van der Waals surface area (Å²) in [6.07, 6.45) is 2.11. The summed E-state index contributed by atoms with van der Waals surface area (Å²) in [5.74, 6) is -0.746. The molecule has 214 valence electrons. The molecule has 0 aliphatic heterocycles. The van der Waals surface area contributed by atoms with Gasteiger partial charge in [-0.3, -0.25) is 13.9 Å². The summed E-state index contributed by atoms with van der Waals surface area (Å²) in [6, 6.07) is 21.5. The van der Waals surface area contributed by atoms with Crippen molar-refractivity contribution in [3.8, 4) is 0 Å². The number of hydrogen-bond acceptors (Lipinski definition) is 4. The van der Waals surface area contributed by atoms with Gasteiger partial charge < -0.3 is 10.2 Å². The van der Waals surface area contributed by atoms with Crippen LogP contribution in [0.1, 0.15) is 42.5 Å². The second-order valence-corrected chi connectivity index (χ2v) is 13.1. The van der Waals surface area contributed by atoms with Gasteiger partial charge in [0, 0.05) is 23.5 Å². The third kappa shape index (κ3) is 8.66. The lowest BCUT2D eigenvalue weighted by molar-refractivity contribution is -0.140. The molecule has 0 aliphatic rings. The van der Waals surface area contributed by atoms with Crippen molar-refractivity contribution < 1.29 is 18.0 Å². The van der Waals surface area contributed by atoms with Crippen LogP contribution in [0.2, 0.25) is 0 Å². The number of carbonyl (C=O) groups is 2. The lowest BCUT2D eigenvalue weighted by atomic mass is 10.0. The molecule has 7 nitrogen and oxygen atoms in total.